The van der Waals surface area contributed by atoms with E-state index in [-0.39, 0.29) is 24.3 Å². The van der Waals surface area contributed by atoms with Crippen LogP contribution < -0.4 is 0 Å². The molecule has 0 aliphatic carbocycles. The van der Waals surface area contributed by atoms with Gasteiger partial charge < -0.3 is 15.1 Å². The van der Waals surface area contributed by atoms with Crippen molar-refractivity contribution < 1.29 is 19.8 Å². The topological polar surface area (TPSA) is 77.8 Å². The van der Waals surface area contributed by atoms with Crippen LogP contribution in [0.3, 0.4) is 0 Å². The summed E-state index contributed by atoms with van der Waals surface area (Å²) in [6, 6.07) is 0.0598. The number of carbonyl (C=O) groups excluding carboxylic acids is 1. The lowest BCUT2D eigenvalue weighted by Gasteiger charge is -2.23. The van der Waals surface area contributed by atoms with Crippen LogP contribution in [0.4, 0.5) is 0 Å². The molecule has 1 unspecified atom stereocenters. The van der Waals surface area contributed by atoms with Gasteiger partial charge >= 0.3 is 5.97 Å². The molecule has 1 saturated heterocycles. The van der Waals surface area contributed by atoms with Crippen LogP contribution in [0.25, 0.3) is 0 Å². The van der Waals surface area contributed by atoms with Crippen molar-refractivity contribution in [2.24, 2.45) is 5.92 Å². The van der Waals surface area contributed by atoms with Crippen LogP contribution in [0.1, 0.15) is 78.1 Å². The van der Waals surface area contributed by atoms with Crippen molar-refractivity contribution in [2.75, 3.05) is 6.54 Å². The van der Waals surface area contributed by atoms with Gasteiger partial charge in [0.1, 0.15) is 0 Å². The highest BCUT2D eigenvalue weighted by Gasteiger charge is 2.28. The summed E-state index contributed by atoms with van der Waals surface area (Å²) in [5, 5.41) is 18.9. The first-order chi connectivity index (χ1) is 13.0. The molecule has 1 heterocycles. The molecule has 0 radical (unpaired) electrons. The van der Waals surface area contributed by atoms with Gasteiger partial charge in [0.2, 0.25) is 5.91 Å². The maximum atomic E-state index is 12.1. The van der Waals surface area contributed by atoms with E-state index < -0.39 is 12.1 Å². The maximum absolute atomic E-state index is 12.1. The molecule has 1 fully saturated rings. The summed E-state index contributed by atoms with van der Waals surface area (Å²) in [5.74, 6) is 5.71. The second kappa shape index (κ2) is 13.4. The van der Waals surface area contributed by atoms with Gasteiger partial charge in [0.25, 0.3) is 0 Å². The van der Waals surface area contributed by atoms with Crippen LogP contribution in [-0.2, 0) is 9.59 Å². The van der Waals surface area contributed by atoms with Crippen LogP contribution in [0, 0.1) is 17.8 Å². The molecule has 0 bridgehead atoms. The molecular weight excluding hydrogens is 342 g/mol. The second-order valence-electron chi connectivity index (χ2n) is 7.41. The van der Waals surface area contributed by atoms with Crippen LogP contribution in [0.5, 0.6) is 0 Å². The summed E-state index contributed by atoms with van der Waals surface area (Å²) in [7, 11) is 0. The van der Waals surface area contributed by atoms with Crippen molar-refractivity contribution in [3.63, 3.8) is 0 Å². The van der Waals surface area contributed by atoms with Gasteiger partial charge in [0, 0.05) is 32.2 Å². The predicted octanol–water partition coefficient (Wildman–Crippen LogP) is 3.76. The number of hydrogen-bond acceptors (Lipinski definition) is 3. The van der Waals surface area contributed by atoms with E-state index in [1.165, 1.54) is 0 Å². The molecule has 1 rings (SSSR count). The van der Waals surface area contributed by atoms with Crippen molar-refractivity contribution in [3.8, 4) is 11.8 Å². The number of rotatable bonds is 12. The number of carboxylic acid groups (broad SMARTS) is 1. The van der Waals surface area contributed by atoms with Gasteiger partial charge in [-0.1, -0.05) is 38.8 Å². The molecule has 5 heteroatoms. The molecule has 0 aromatic rings. The molecular formula is C22H35NO4. The lowest BCUT2D eigenvalue weighted by atomic mass is 9.99. The van der Waals surface area contributed by atoms with Gasteiger partial charge in [0.15, 0.2) is 0 Å². The highest BCUT2D eigenvalue weighted by atomic mass is 16.4. The summed E-state index contributed by atoms with van der Waals surface area (Å²) in [5.41, 5.74) is 0. The Kier molecular flexibility index (Phi) is 11.5. The number of aliphatic hydroxyl groups is 1. The van der Waals surface area contributed by atoms with Crippen LogP contribution in [-0.4, -0.2) is 45.7 Å². The van der Waals surface area contributed by atoms with Gasteiger partial charge in [-0.2, -0.15) is 0 Å². The molecule has 0 saturated carbocycles. The number of unbranched alkanes of at least 4 members (excludes halogenated alkanes) is 4. The van der Waals surface area contributed by atoms with E-state index in [4.69, 9.17) is 5.11 Å². The molecule has 1 aliphatic heterocycles. The first-order valence-corrected chi connectivity index (χ1v) is 10.3. The maximum Gasteiger partial charge on any atom is 0.303 e. The minimum absolute atomic E-state index is 0.0598. The third-order valence-electron chi connectivity index (χ3n) is 4.95. The Morgan fingerprint density at radius 3 is 2.74 bits per heavy atom. The molecule has 1 amide bonds. The van der Waals surface area contributed by atoms with Gasteiger partial charge in [-0.15, -0.1) is 11.8 Å². The zero-order valence-electron chi connectivity index (χ0n) is 16.8. The Bertz CT molecular complexity index is 546. The SMILES string of the molecule is CCCC#CCC(C)[C@H](O)/C=C/[C@H]1CCC(=O)N1CCCCCCC(=O)O. The standard InChI is InChI=1S/C22H35NO4/c1-3-4-5-8-11-18(2)20(24)15-13-19-14-16-21(25)23(19)17-10-7-6-9-12-22(26)27/h13,15,18-20,24H,3-4,6-7,9-12,14,16-17H2,1-2H3,(H,26,27)/b15-13+/t18?,19-,20+/m0/s1. The predicted molar refractivity (Wildman–Crippen MR) is 107 cm³/mol. The zero-order chi connectivity index (χ0) is 20.1. The highest BCUT2D eigenvalue weighted by molar-refractivity contribution is 5.79. The molecule has 0 aromatic carbocycles. The van der Waals surface area contributed by atoms with Crippen molar-refractivity contribution in [3.05, 3.63) is 12.2 Å². The number of amides is 1. The lowest BCUT2D eigenvalue weighted by molar-refractivity contribution is -0.137. The minimum atomic E-state index is -0.751. The molecule has 2 N–H and O–H groups in total. The van der Waals surface area contributed by atoms with Gasteiger partial charge in [-0.05, 0) is 31.6 Å². The largest absolute Gasteiger partial charge is 0.481 e. The molecule has 5 nitrogen and oxygen atoms in total. The van der Waals surface area contributed by atoms with Crippen molar-refractivity contribution in [1.29, 1.82) is 0 Å². The van der Waals surface area contributed by atoms with Gasteiger partial charge in [-0.25, -0.2) is 0 Å². The fourth-order valence-corrected chi connectivity index (χ4v) is 3.16. The number of likely N-dealkylation sites (tertiary alicyclic amines) is 1. The normalized spacial score (nSPS) is 19.1. The van der Waals surface area contributed by atoms with E-state index in [1.54, 1.807) is 0 Å². The average molecular weight is 378 g/mol. The van der Waals surface area contributed by atoms with Crippen LogP contribution >= 0.6 is 0 Å². The van der Waals surface area contributed by atoms with Crippen molar-refractivity contribution in [2.45, 2.75) is 90.2 Å². The number of aliphatic hydroxyl groups excluding tert-OH is 1. The first kappa shape index (κ1) is 23.2. The lowest BCUT2D eigenvalue weighted by Crippen LogP contribution is -2.33. The molecule has 0 aromatic heterocycles. The summed E-state index contributed by atoms with van der Waals surface area (Å²) < 4.78 is 0. The fraction of sp³-hybridized carbons (Fsp3) is 0.727. The molecule has 1 aliphatic rings. The molecule has 152 valence electrons. The summed E-state index contributed by atoms with van der Waals surface area (Å²) in [6.07, 6.45) is 10.8. The van der Waals surface area contributed by atoms with Gasteiger partial charge in [0.05, 0.1) is 12.1 Å². The smallest absolute Gasteiger partial charge is 0.303 e. The van der Waals surface area contributed by atoms with Crippen molar-refractivity contribution >= 4 is 11.9 Å². The quantitative estimate of drug-likeness (QED) is 0.308. The monoisotopic (exact) mass is 377 g/mol. The first-order valence-electron chi connectivity index (χ1n) is 10.3. The average Bonchev–Trinajstić information content (AvgIpc) is 2.99. The minimum Gasteiger partial charge on any atom is -0.481 e. The Morgan fingerprint density at radius 1 is 1.30 bits per heavy atom. The van der Waals surface area contributed by atoms with E-state index >= 15 is 0 Å². The highest BCUT2D eigenvalue weighted by Crippen LogP contribution is 2.21. The van der Waals surface area contributed by atoms with Gasteiger partial charge in [-0.3, -0.25) is 9.59 Å². The summed E-state index contributed by atoms with van der Waals surface area (Å²) in [4.78, 5) is 24.5. The number of carboxylic acids is 1. The third kappa shape index (κ3) is 9.63. The zero-order valence-corrected chi connectivity index (χ0v) is 16.8. The number of aliphatic carboxylic acids is 1. The Hall–Kier alpha value is -1.80. The van der Waals surface area contributed by atoms with E-state index in [2.05, 4.69) is 18.8 Å². The molecule has 0 spiro atoms. The molecule has 27 heavy (non-hydrogen) atoms. The number of nitrogens with zero attached hydrogens (tertiary/aromatic N) is 1. The van der Waals surface area contributed by atoms with E-state index in [0.717, 1.165) is 38.5 Å². The van der Waals surface area contributed by atoms with Crippen LogP contribution in [0.2, 0.25) is 0 Å². The Morgan fingerprint density at radius 2 is 2.04 bits per heavy atom. The van der Waals surface area contributed by atoms with Crippen molar-refractivity contribution in [1.82, 2.24) is 4.90 Å². The number of carbonyl (C=O) groups is 2. The summed E-state index contributed by atoms with van der Waals surface area (Å²) in [6.45, 7) is 4.79. The Balaban J connectivity index is 2.38. The van der Waals surface area contributed by atoms with E-state index in [9.17, 15) is 14.7 Å². The molecule has 3 atom stereocenters. The Labute approximate surface area is 163 Å². The van der Waals surface area contributed by atoms with Crippen LogP contribution in [0.15, 0.2) is 12.2 Å². The number of hydrogen-bond donors (Lipinski definition) is 2. The van der Waals surface area contributed by atoms with E-state index in [0.29, 0.717) is 25.8 Å². The second-order valence-corrected chi connectivity index (χ2v) is 7.41. The fourth-order valence-electron chi connectivity index (χ4n) is 3.16. The third-order valence-corrected chi connectivity index (χ3v) is 4.95. The van der Waals surface area contributed by atoms with E-state index in [1.807, 2.05) is 24.0 Å². The summed E-state index contributed by atoms with van der Waals surface area (Å²) >= 11 is 0.